The molecule has 0 aliphatic rings. The van der Waals surface area contributed by atoms with E-state index < -0.39 is 0 Å². The van der Waals surface area contributed by atoms with Crippen molar-refractivity contribution >= 4 is 27.5 Å². The molecule has 2 nitrogen and oxygen atoms in total. The molecule has 0 spiro atoms. The maximum atomic E-state index is 12.5. The van der Waals surface area contributed by atoms with Gasteiger partial charge in [0.1, 0.15) is 0 Å². The third-order valence-electron chi connectivity index (χ3n) is 3.49. The average Bonchev–Trinajstić information content (AvgIpc) is 2.45. The summed E-state index contributed by atoms with van der Waals surface area (Å²) in [7, 11) is 0. The minimum Gasteiger partial charge on any atom is -0.322 e. The molecule has 0 aromatic heterocycles. The van der Waals surface area contributed by atoms with E-state index in [4.69, 9.17) is 0 Å². The second kappa shape index (κ2) is 7.41. The predicted octanol–water partition coefficient (Wildman–Crippen LogP) is 4.88. The Morgan fingerprint density at radius 3 is 2.43 bits per heavy atom. The summed E-state index contributed by atoms with van der Waals surface area (Å²) in [4.78, 5) is 12.5. The molecule has 0 unspecified atom stereocenters. The first-order chi connectivity index (χ1) is 10.1. The number of rotatable bonds is 5. The number of carbonyl (C=O) groups is 1. The van der Waals surface area contributed by atoms with Gasteiger partial charge in [-0.2, -0.15) is 0 Å². The van der Waals surface area contributed by atoms with Gasteiger partial charge in [-0.1, -0.05) is 46.3 Å². The zero-order valence-corrected chi connectivity index (χ0v) is 14.0. The van der Waals surface area contributed by atoms with Gasteiger partial charge in [-0.25, -0.2) is 0 Å². The molecule has 0 heterocycles. The number of benzene rings is 2. The van der Waals surface area contributed by atoms with Crippen molar-refractivity contribution in [3.05, 3.63) is 64.7 Å². The fourth-order valence-corrected chi connectivity index (χ4v) is 2.72. The highest BCUT2D eigenvalue weighted by Gasteiger charge is 2.12. The van der Waals surface area contributed by atoms with Crippen LogP contribution in [-0.4, -0.2) is 11.2 Å². The monoisotopic (exact) mass is 345 g/mol. The highest BCUT2D eigenvalue weighted by molar-refractivity contribution is 9.09. The lowest BCUT2D eigenvalue weighted by Crippen LogP contribution is -2.15. The first-order valence-corrected chi connectivity index (χ1v) is 8.26. The van der Waals surface area contributed by atoms with E-state index in [0.29, 0.717) is 0 Å². The molecular weight excluding hydrogens is 326 g/mol. The molecule has 0 bridgehead atoms. The molecule has 0 aliphatic carbocycles. The lowest BCUT2D eigenvalue weighted by molar-refractivity contribution is 0.102. The Morgan fingerprint density at radius 2 is 1.76 bits per heavy atom. The zero-order valence-electron chi connectivity index (χ0n) is 12.4. The summed E-state index contributed by atoms with van der Waals surface area (Å²) in [6.45, 7) is 3.93. The van der Waals surface area contributed by atoms with Crippen molar-refractivity contribution in [3.8, 4) is 0 Å². The molecule has 2 aromatic carbocycles. The van der Waals surface area contributed by atoms with E-state index in [1.165, 1.54) is 5.56 Å². The Morgan fingerprint density at radius 1 is 1.10 bits per heavy atom. The quantitative estimate of drug-likeness (QED) is 0.768. The summed E-state index contributed by atoms with van der Waals surface area (Å²) < 4.78 is 0. The number of anilines is 1. The van der Waals surface area contributed by atoms with Gasteiger partial charge in [0.2, 0.25) is 0 Å². The normalized spacial score (nSPS) is 10.4. The average molecular weight is 346 g/mol. The van der Waals surface area contributed by atoms with E-state index in [-0.39, 0.29) is 5.91 Å². The fourth-order valence-electron chi connectivity index (χ4n) is 2.44. The SMILES string of the molecule is Cc1cccc(C)c1C(=O)Nc1cccc(CCCBr)c1. The van der Waals surface area contributed by atoms with Crippen molar-refractivity contribution in [2.75, 3.05) is 10.6 Å². The molecule has 0 atom stereocenters. The Labute approximate surface area is 134 Å². The zero-order chi connectivity index (χ0) is 15.2. The van der Waals surface area contributed by atoms with Gasteiger partial charge < -0.3 is 5.32 Å². The molecule has 0 saturated heterocycles. The summed E-state index contributed by atoms with van der Waals surface area (Å²) >= 11 is 3.44. The van der Waals surface area contributed by atoms with Crippen molar-refractivity contribution in [1.29, 1.82) is 0 Å². The smallest absolute Gasteiger partial charge is 0.256 e. The number of hydrogen-bond donors (Lipinski definition) is 1. The van der Waals surface area contributed by atoms with Crippen molar-refractivity contribution in [3.63, 3.8) is 0 Å². The first kappa shape index (κ1) is 15.8. The Bertz CT molecular complexity index is 617. The predicted molar refractivity (Wildman–Crippen MR) is 92.4 cm³/mol. The van der Waals surface area contributed by atoms with E-state index in [1.807, 2.05) is 50.2 Å². The third kappa shape index (κ3) is 4.18. The van der Waals surface area contributed by atoms with Crippen LogP contribution in [0.2, 0.25) is 0 Å². The molecule has 0 radical (unpaired) electrons. The molecule has 21 heavy (non-hydrogen) atoms. The van der Waals surface area contributed by atoms with Gasteiger partial charge in [0.25, 0.3) is 5.91 Å². The van der Waals surface area contributed by atoms with Gasteiger partial charge in [0, 0.05) is 16.6 Å². The van der Waals surface area contributed by atoms with Crippen LogP contribution in [0.4, 0.5) is 5.69 Å². The van der Waals surface area contributed by atoms with Crippen molar-refractivity contribution in [2.45, 2.75) is 26.7 Å². The topological polar surface area (TPSA) is 29.1 Å². The van der Waals surface area contributed by atoms with Crippen LogP contribution in [0, 0.1) is 13.8 Å². The molecule has 110 valence electrons. The molecule has 2 aromatic rings. The van der Waals surface area contributed by atoms with E-state index in [2.05, 4.69) is 27.3 Å². The number of alkyl halides is 1. The second-order valence-corrected chi connectivity index (χ2v) is 6.01. The summed E-state index contributed by atoms with van der Waals surface area (Å²) in [6, 6.07) is 14.0. The number of carbonyl (C=O) groups excluding carboxylic acids is 1. The summed E-state index contributed by atoms with van der Waals surface area (Å²) in [5.41, 5.74) is 4.87. The van der Waals surface area contributed by atoms with Gasteiger partial charge in [-0.3, -0.25) is 4.79 Å². The van der Waals surface area contributed by atoms with Gasteiger partial charge in [0.05, 0.1) is 0 Å². The van der Waals surface area contributed by atoms with Crippen molar-refractivity contribution in [2.24, 2.45) is 0 Å². The Balaban J connectivity index is 2.16. The minimum absolute atomic E-state index is 0.0387. The first-order valence-electron chi connectivity index (χ1n) is 7.14. The van der Waals surface area contributed by atoms with Crippen LogP contribution in [0.25, 0.3) is 0 Å². The third-order valence-corrected chi connectivity index (χ3v) is 4.05. The standard InChI is InChI=1S/C18H20BrNO/c1-13-6-3-7-14(2)17(13)18(21)20-16-10-4-8-15(12-16)9-5-11-19/h3-4,6-8,10,12H,5,9,11H2,1-2H3,(H,20,21). The maximum absolute atomic E-state index is 12.5. The molecule has 3 heteroatoms. The number of amides is 1. The largest absolute Gasteiger partial charge is 0.322 e. The van der Waals surface area contributed by atoms with Gasteiger partial charge in [-0.15, -0.1) is 0 Å². The Kier molecular flexibility index (Phi) is 5.57. The molecule has 0 aliphatic heterocycles. The highest BCUT2D eigenvalue weighted by atomic mass is 79.9. The number of aryl methyl sites for hydroxylation is 3. The molecule has 0 saturated carbocycles. The van der Waals surface area contributed by atoms with Gasteiger partial charge in [-0.05, 0) is 55.5 Å². The van der Waals surface area contributed by atoms with Crippen LogP contribution in [0.3, 0.4) is 0 Å². The number of nitrogens with one attached hydrogen (secondary N) is 1. The maximum Gasteiger partial charge on any atom is 0.256 e. The molecule has 1 amide bonds. The fraction of sp³-hybridized carbons (Fsp3) is 0.278. The Hall–Kier alpha value is -1.61. The van der Waals surface area contributed by atoms with E-state index in [9.17, 15) is 4.79 Å². The van der Waals surface area contributed by atoms with Crippen LogP contribution in [-0.2, 0) is 6.42 Å². The lowest BCUT2D eigenvalue weighted by Gasteiger charge is -2.11. The highest BCUT2D eigenvalue weighted by Crippen LogP contribution is 2.17. The lowest BCUT2D eigenvalue weighted by atomic mass is 10.0. The van der Waals surface area contributed by atoms with E-state index in [1.54, 1.807) is 0 Å². The minimum atomic E-state index is -0.0387. The van der Waals surface area contributed by atoms with Crippen LogP contribution in [0.15, 0.2) is 42.5 Å². The number of hydrogen-bond acceptors (Lipinski definition) is 1. The van der Waals surface area contributed by atoms with Crippen molar-refractivity contribution < 1.29 is 4.79 Å². The van der Waals surface area contributed by atoms with Crippen molar-refractivity contribution in [1.82, 2.24) is 0 Å². The molecule has 1 N–H and O–H groups in total. The summed E-state index contributed by atoms with van der Waals surface area (Å²) in [6.07, 6.45) is 2.10. The second-order valence-electron chi connectivity index (χ2n) is 5.21. The van der Waals surface area contributed by atoms with Gasteiger partial charge in [0.15, 0.2) is 0 Å². The molecule has 0 fully saturated rings. The summed E-state index contributed by atoms with van der Waals surface area (Å²) in [5, 5.41) is 4.00. The number of halogens is 1. The van der Waals surface area contributed by atoms with Crippen LogP contribution in [0.1, 0.15) is 33.5 Å². The molecule has 2 rings (SSSR count). The van der Waals surface area contributed by atoms with E-state index >= 15 is 0 Å². The van der Waals surface area contributed by atoms with Crippen LogP contribution < -0.4 is 5.32 Å². The van der Waals surface area contributed by atoms with Crippen LogP contribution >= 0.6 is 15.9 Å². The summed E-state index contributed by atoms with van der Waals surface area (Å²) in [5.74, 6) is -0.0387. The van der Waals surface area contributed by atoms with Crippen LogP contribution in [0.5, 0.6) is 0 Å². The van der Waals surface area contributed by atoms with Gasteiger partial charge >= 0.3 is 0 Å². The van der Waals surface area contributed by atoms with E-state index in [0.717, 1.165) is 40.5 Å². The molecular formula is C18H20BrNO.